The fraction of sp³-hybridized carbons (Fsp3) is 0.538. The number of aliphatic hydroxyl groups is 1. The van der Waals surface area contributed by atoms with Gasteiger partial charge in [0.15, 0.2) is 0 Å². The zero-order valence-electron chi connectivity index (χ0n) is 11.6. The van der Waals surface area contributed by atoms with Crippen molar-refractivity contribution in [3.8, 4) is 5.75 Å². The first kappa shape index (κ1) is 16.7. The van der Waals surface area contributed by atoms with Gasteiger partial charge >= 0.3 is 0 Å². The molecule has 0 aromatic heterocycles. The van der Waals surface area contributed by atoms with E-state index in [1.165, 1.54) is 25.3 Å². The first-order valence-corrected chi connectivity index (χ1v) is 8.03. The van der Waals surface area contributed by atoms with Gasteiger partial charge in [0.25, 0.3) is 0 Å². The molecule has 0 heterocycles. The van der Waals surface area contributed by atoms with Crippen LogP contribution in [0.3, 0.4) is 0 Å². The van der Waals surface area contributed by atoms with Crippen molar-refractivity contribution in [3.05, 3.63) is 18.2 Å². The summed E-state index contributed by atoms with van der Waals surface area (Å²) >= 11 is 0. The topological polar surface area (TPSA) is 102 Å². The Morgan fingerprint density at radius 1 is 1.25 bits per heavy atom. The second kappa shape index (κ2) is 8.08. The smallest absolute Gasteiger partial charge is 0.240 e. The number of unbranched alkanes of at least 4 members (excludes halogenated alkanes) is 3. The number of nitrogen functional groups attached to an aromatic ring is 1. The Kier molecular flexibility index (Phi) is 6.77. The Balaban J connectivity index is 2.56. The van der Waals surface area contributed by atoms with Gasteiger partial charge in [-0.25, -0.2) is 13.1 Å². The largest absolute Gasteiger partial charge is 0.495 e. The molecule has 1 aromatic rings. The SMILES string of the molecule is COc1cc(S(=O)(=O)NCCCCCCO)ccc1N. The number of sulfonamides is 1. The van der Waals surface area contributed by atoms with Gasteiger partial charge in [0.1, 0.15) is 5.75 Å². The van der Waals surface area contributed by atoms with Crippen molar-refractivity contribution in [2.75, 3.05) is 26.0 Å². The summed E-state index contributed by atoms with van der Waals surface area (Å²) in [6.45, 7) is 0.553. The molecule has 0 fully saturated rings. The standard InChI is InChI=1S/C13H22N2O4S/c1-19-13-10-11(6-7-12(13)14)20(17,18)15-8-4-2-3-5-9-16/h6-7,10,15-16H,2-5,8-9,14H2,1H3. The van der Waals surface area contributed by atoms with E-state index in [-0.39, 0.29) is 11.5 Å². The van der Waals surface area contributed by atoms with Crippen molar-refractivity contribution < 1.29 is 18.3 Å². The van der Waals surface area contributed by atoms with Gasteiger partial charge in [-0.15, -0.1) is 0 Å². The number of aliphatic hydroxyl groups excluding tert-OH is 1. The van der Waals surface area contributed by atoms with Crippen LogP contribution in [-0.2, 0) is 10.0 Å². The summed E-state index contributed by atoms with van der Waals surface area (Å²) in [6, 6.07) is 4.37. The third-order valence-corrected chi connectivity index (χ3v) is 4.35. The van der Waals surface area contributed by atoms with Crippen LogP contribution in [0.25, 0.3) is 0 Å². The summed E-state index contributed by atoms with van der Waals surface area (Å²) in [5, 5.41) is 8.64. The molecule has 0 amide bonds. The van der Waals surface area contributed by atoms with Crippen molar-refractivity contribution in [2.45, 2.75) is 30.6 Å². The van der Waals surface area contributed by atoms with Crippen LogP contribution in [0, 0.1) is 0 Å². The number of hydrogen-bond acceptors (Lipinski definition) is 5. The minimum absolute atomic E-state index is 0.138. The summed E-state index contributed by atoms with van der Waals surface area (Å²) in [4.78, 5) is 0.138. The normalized spacial score (nSPS) is 11.5. The molecule has 0 bridgehead atoms. The summed E-state index contributed by atoms with van der Waals surface area (Å²) in [5.74, 6) is 0.343. The van der Waals surface area contributed by atoms with Crippen LogP contribution in [0.2, 0.25) is 0 Å². The molecule has 0 radical (unpaired) electrons. The summed E-state index contributed by atoms with van der Waals surface area (Å²) < 4.78 is 31.7. The molecule has 1 rings (SSSR count). The van der Waals surface area contributed by atoms with E-state index in [1.54, 1.807) is 0 Å². The third kappa shape index (κ3) is 4.99. The summed E-state index contributed by atoms with van der Waals surface area (Å²) in [6.07, 6.45) is 3.27. The molecule has 0 saturated carbocycles. The van der Waals surface area contributed by atoms with Crippen LogP contribution in [0.1, 0.15) is 25.7 Å². The molecular formula is C13H22N2O4S. The Labute approximate surface area is 120 Å². The lowest BCUT2D eigenvalue weighted by Crippen LogP contribution is -2.24. The molecule has 4 N–H and O–H groups in total. The highest BCUT2D eigenvalue weighted by Crippen LogP contribution is 2.24. The van der Waals surface area contributed by atoms with Crippen molar-refractivity contribution in [2.24, 2.45) is 0 Å². The Morgan fingerprint density at radius 2 is 1.95 bits per heavy atom. The third-order valence-electron chi connectivity index (χ3n) is 2.89. The van der Waals surface area contributed by atoms with Gasteiger partial charge in [0, 0.05) is 19.2 Å². The predicted molar refractivity (Wildman–Crippen MR) is 78.1 cm³/mol. The van der Waals surface area contributed by atoms with E-state index in [0.29, 0.717) is 18.0 Å². The molecule has 0 unspecified atom stereocenters. The fourth-order valence-corrected chi connectivity index (χ4v) is 2.83. The number of nitrogens with one attached hydrogen (secondary N) is 1. The average molecular weight is 302 g/mol. The number of anilines is 1. The lowest BCUT2D eigenvalue weighted by Gasteiger charge is -2.09. The lowest BCUT2D eigenvalue weighted by molar-refractivity contribution is 0.282. The zero-order valence-corrected chi connectivity index (χ0v) is 12.4. The van der Waals surface area contributed by atoms with Gasteiger partial charge < -0.3 is 15.6 Å². The minimum atomic E-state index is -3.54. The molecule has 0 aliphatic rings. The zero-order chi connectivity index (χ0) is 15.0. The molecular weight excluding hydrogens is 280 g/mol. The second-order valence-electron chi connectivity index (χ2n) is 4.44. The van der Waals surface area contributed by atoms with Crippen molar-refractivity contribution in [1.82, 2.24) is 4.72 Å². The predicted octanol–water partition coefficient (Wildman–Crippen LogP) is 1.11. The number of methoxy groups -OCH3 is 1. The maximum absolute atomic E-state index is 12.1. The molecule has 114 valence electrons. The molecule has 0 spiro atoms. The van der Waals surface area contributed by atoms with E-state index < -0.39 is 10.0 Å². The highest BCUT2D eigenvalue weighted by Gasteiger charge is 2.15. The van der Waals surface area contributed by atoms with Crippen LogP contribution in [0.4, 0.5) is 5.69 Å². The van der Waals surface area contributed by atoms with Gasteiger partial charge in [0.2, 0.25) is 10.0 Å². The first-order chi connectivity index (χ1) is 9.51. The molecule has 0 atom stereocenters. The van der Waals surface area contributed by atoms with Crippen LogP contribution in [-0.4, -0.2) is 33.8 Å². The van der Waals surface area contributed by atoms with Gasteiger partial charge in [-0.3, -0.25) is 0 Å². The van der Waals surface area contributed by atoms with Crippen molar-refractivity contribution in [3.63, 3.8) is 0 Å². The monoisotopic (exact) mass is 302 g/mol. The average Bonchev–Trinajstić information content (AvgIpc) is 2.43. The van der Waals surface area contributed by atoms with Crippen LogP contribution in [0.5, 0.6) is 5.75 Å². The van der Waals surface area contributed by atoms with E-state index in [2.05, 4.69) is 4.72 Å². The van der Waals surface area contributed by atoms with Crippen molar-refractivity contribution in [1.29, 1.82) is 0 Å². The van der Waals surface area contributed by atoms with E-state index in [9.17, 15) is 8.42 Å². The molecule has 0 aliphatic carbocycles. The minimum Gasteiger partial charge on any atom is -0.495 e. The molecule has 0 aliphatic heterocycles. The van der Waals surface area contributed by atoms with Gasteiger partial charge in [-0.05, 0) is 25.0 Å². The highest BCUT2D eigenvalue weighted by atomic mass is 32.2. The van der Waals surface area contributed by atoms with Gasteiger partial charge in [-0.2, -0.15) is 0 Å². The molecule has 0 saturated heterocycles. The Morgan fingerprint density at radius 3 is 2.60 bits per heavy atom. The maximum atomic E-state index is 12.1. The maximum Gasteiger partial charge on any atom is 0.240 e. The van der Waals surface area contributed by atoms with Gasteiger partial charge in [-0.1, -0.05) is 12.8 Å². The van der Waals surface area contributed by atoms with Crippen LogP contribution >= 0.6 is 0 Å². The number of rotatable bonds is 9. The molecule has 20 heavy (non-hydrogen) atoms. The molecule has 6 nitrogen and oxygen atoms in total. The first-order valence-electron chi connectivity index (χ1n) is 6.55. The number of ether oxygens (including phenoxy) is 1. The van der Waals surface area contributed by atoms with Gasteiger partial charge in [0.05, 0.1) is 17.7 Å². The van der Waals surface area contributed by atoms with Crippen LogP contribution in [0.15, 0.2) is 23.1 Å². The van der Waals surface area contributed by atoms with E-state index >= 15 is 0 Å². The number of hydrogen-bond donors (Lipinski definition) is 3. The Bertz CT molecular complexity index is 517. The van der Waals surface area contributed by atoms with Crippen molar-refractivity contribution >= 4 is 15.7 Å². The summed E-state index contributed by atoms with van der Waals surface area (Å²) in [7, 11) is -2.10. The Hall–Kier alpha value is -1.31. The number of nitrogens with two attached hydrogens (primary N) is 1. The van der Waals surface area contributed by atoms with E-state index in [4.69, 9.17) is 15.6 Å². The highest BCUT2D eigenvalue weighted by molar-refractivity contribution is 7.89. The molecule has 1 aromatic carbocycles. The lowest BCUT2D eigenvalue weighted by atomic mass is 10.2. The quantitative estimate of drug-likeness (QED) is 0.468. The number of benzene rings is 1. The summed E-state index contributed by atoms with van der Waals surface area (Å²) in [5.41, 5.74) is 6.05. The van der Waals surface area contributed by atoms with E-state index in [0.717, 1.165) is 25.7 Å². The fourth-order valence-electron chi connectivity index (χ4n) is 1.74. The van der Waals surface area contributed by atoms with Crippen LogP contribution < -0.4 is 15.2 Å². The van der Waals surface area contributed by atoms with E-state index in [1.807, 2.05) is 0 Å². The molecule has 7 heteroatoms. The second-order valence-corrected chi connectivity index (χ2v) is 6.21.